The maximum absolute atomic E-state index is 12.1. The van der Waals surface area contributed by atoms with Gasteiger partial charge in [0.15, 0.2) is 0 Å². The van der Waals surface area contributed by atoms with E-state index in [1.165, 1.54) is 24.1 Å². The van der Waals surface area contributed by atoms with Crippen molar-refractivity contribution in [2.24, 2.45) is 11.8 Å². The van der Waals surface area contributed by atoms with E-state index in [1.807, 2.05) is 4.90 Å². The van der Waals surface area contributed by atoms with Crippen molar-refractivity contribution in [1.82, 2.24) is 9.80 Å². The first-order chi connectivity index (χ1) is 10.7. The van der Waals surface area contributed by atoms with Gasteiger partial charge in [0.25, 0.3) is 0 Å². The largest absolute Gasteiger partial charge is 0.573 e. The van der Waals surface area contributed by atoms with Gasteiger partial charge in [-0.25, -0.2) is 0 Å². The second kappa shape index (κ2) is 5.52. The normalized spacial score (nSPS) is 25.1. The number of halogens is 3. The number of fused-ring (bicyclic) bond motifs is 1. The molecule has 2 aliphatic heterocycles. The van der Waals surface area contributed by atoms with Gasteiger partial charge < -0.3 is 4.74 Å². The second-order valence-corrected chi connectivity index (χ2v) is 5.83. The molecule has 0 bridgehead atoms. The summed E-state index contributed by atoms with van der Waals surface area (Å²) < 4.78 is 40.1. The van der Waals surface area contributed by atoms with Gasteiger partial charge in [0, 0.05) is 26.7 Å². The molecule has 2 aliphatic rings. The molecule has 1 aromatic carbocycles. The molecule has 8 heteroatoms. The SMILES string of the molecule is CN1C(=O)[C@H]2CN(Cc3ccc(OC(F)(F)F)cc3)C[C@H]2C1=O. The molecule has 0 unspecified atom stereocenters. The van der Waals surface area contributed by atoms with Crippen LogP contribution >= 0.6 is 0 Å². The molecule has 5 nitrogen and oxygen atoms in total. The summed E-state index contributed by atoms with van der Waals surface area (Å²) in [7, 11) is 1.49. The zero-order valence-electron chi connectivity index (χ0n) is 12.3. The molecule has 0 aliphatic carbocycles. The lowest BCUT2D eigenvalue weighted by Gasteiger charge is -2.18. The molecule has 2 atom stereocenters. The van der Waals surface area contributed by atoms with Gasteiger partial charge in [-0.05, 0) is 17.7 Å². The predicted octanol–water partition coefficient (Wildman–Crippen LogP) is 1.63. The standard InChI is InChI=1S/C15H15F3N2O3/c1-19-13(21)11-7-20(8-12(11)14(19)22)6-9-2-4-10(5-3-9)23-15(16,17)18/h2-5,11-12H,6-8H2,1H3/t11-,12+. The smallest absolute Gasteiger partial charge is 0.406 e. The quantitative estimate of drug-likeness (QED) is 0.792. The van der Waals surface area contributed by atoms with Crippen LogP contribution in [0.25, 0.3) is 0 Å². The Labute approximate surface area is 130 Å². The number of ether oxygens (including phenoxy) is 1. The number of imide groups is 1. The minimum atomic E-state index is -4.71. The summed E-state index contributed by atoms with van der Waals surface area (Å²) in [6.07, 6.45) is -4.71. The van der Waals surface area contributed by atoms with Gasteiger partial charge in [0.05, 0.1) is 11.8 Å². The Morgan fingerprint density at radius 1 is 1.09 bits per heavy atom. The molecule has 0 saturated carbocycles. The van der Waals surface area contributed by atoms with Crippen molar-refractivity contribution in [2.75, 3.05) is 20.1 Å². The number of carbonyl (C=O) groups excluding carboxylic acids is 2. The van der Waals surface area contributed by atoms with Crippen molar-refractivity contribution < 1.29 is 27.5 Å². The highest BCUT2D eigenvalue weighted by atomic mass is 19.4. The van der Waals surface area contributed by atoms with Crippen LogP contribution in [-0.4, -0.2) is 48.1 Å². The van der Waals surface area contributed by atoms with E-state index in [-0.39, 0.29) is 29.4 Å². The molecule has 1 aromatic rings. The summed E-state index contributed by atoms with van der Waals surface area (Å²) in [6.45, 7) is 1.45. The highest BCUT2D eigenvalue weighted by Crippen LogP contribution is 2.33. The van der Waals surface area contributed by atoms with Gasteiger partial charge >= 0.3 is 6.36 Å². The molecule has 2 fully saturated rings. The van der Waals surface area contributed by atoms with Crippen molar-refractivity contribution in [1.29, 1.82) is 0 Å². The Kier molecular flexibility index (Phi) is 3.79. The molecule has 0 spiro atoms. The lowest BCUT2D eigenvalue weighted by Crippen LogP contribution is -2.32. The van der Waals surface area contributed by atoms with Gasteiger partial charge in [-0.15, -0.1) is 13.2 Å². The summed E-state index contributed by atoms with van der Waals surface area (Å²) in [5.74, 6) is -1.19. The molecule has 0 radical (unpaired) electrons. The van der Waals surface area contributed by atoms with Crippen LogP contribution in [0.5, 0.6) is 5.75 Å². The van der Waals surface area contributed by atoms with Gasteiger partial charge in [-0.3, -0.25) is 19.4 Å². The van der Waals surface area contributed by atoms with Crippen LogP contribution in [0.2, 0.25) is 0 Å². The van der Waals surface area contributed by atoms with Crippen LogP contribution in [0.4, 0.5) is 13.2 Å². The number of nitrogens with zero attached hydrogens (tertiary/aromatic N) is 2. The third-order valence-electron chi connectivity index (χ3n) is 4.25. The van der Waals surface area contributed by atoms with Crippen molar-refractivity contribution in [3.8, 4) is 5.75 Å². The average molecular weight is 328 g/mol. The summed E-state index contributed by atoms with van der Waals surface area (Å²) >= 11 is 0. The first kappa shape index (κ1) is 15.8. The van der Waals surface area contributed by atoms with E-state index in [9.17, 15) is 22.8 Å². The number of hydrogen-bond donors (Lipinski definition) is 0. The average Bonchev–Trinajstić information content (AvgIpc) is 2.96. The van der Waals surface area contributed by atoms with Crippen LogP contribution in [0, 0.1) is 11.8 Å². The van der Waals surface area contributed by atoms with Crippen molar-refractivity contribution >= 4 is 11.8 Å². The summed E-state index contributed by atoms with van der Waals surface area (Å²) in [5, 5.41) is 0. The maximum atomic E-state index is 12.1. The fourth-order valence-corrected chi connectivity index (χ4v) is 3.18. The van der Waals surface area contributed by atoms with Crippen LogP contribution < -0.4 is 4.74 Å². The predicted molar refractivity (Wildman–Crippen MR) is 73.2 cm³/mol. The van der Waals surface area contributed by atoms with Crippen molar-refractivity contribution in [3.05, 3.63) is 29.8 Å². The van der Waals surface area contributed by atoms with Crippen LogP contribution in [0.3, 0.4) is 0 Å². The highest BCUT2D eigenvalue weighted by molar-refractivity contribution is 6.05. The van der Waals surface area contributed by atoms with E-state index in [1.54, 1.807) is 12.1 Å². The van der Waals surface area contributed by atoms with E-state index in [2.05, 4.69) is 4.74 Å². The van der Waals surface area contributed by atoms with Gasteiger partial charge in [0.1, 0.15) is 5.75 Å². The van der Waals surface area contributed by atoms with Crippen LogP contribution in [0.15, 0.2) is 24.3 Å². The summed E-state index contributed by atoms with van der Waals surface area (Å²) in [6, 6.07) is 5.60. The lowest BCUT2D eigenvalue weighted by atomic mass is 10.00. The zero-order chi connectivity index (χ0) is 16.8. The number of rotatable bonds is 3. The summed E-state index contributed by atoms with van der Waals surface area (Å²) in [4.78, 5) is 27.0. The minimum absolute atomic E-state index is 0.156. The van der Waals surface area contributed by atoms with Crippen molar-refractivity contribution in [3.63, 3.8) is 0 Å². The molecule has 0 aromatic heterocycles. The summed E-state index contributed by atoms with van der Waals surface area (Å²) in [5.41, 5.74) is 0.799. The van der Waals surface area contributed by atoms with E-state index in [0.29, 0.717) is 19.6 Å². The zero-order valence-corrected chi connectivity index (χ0v) is 12.3. The number of amides is 2. The van der Waals surface area contributed by atoms with E-state index >= 15 is 0 Å². The number of benzene rings is 1. The number of carbonyl (C=O) groups is 2. The first-order valence-corrected chi connectivity index (χ1v) is 7.13. The fourth-order valence-electron chi connectivity index (χ4n) is 3.18. The molecule has 2 amide bonds. The number of hydrogen-bond acceptors (Lipinski definition) is 4. The van der Waals surface area contributed by atoms with Crippen LogP contribution in [0.1, 0.15) is 5.56 Å². The molecular weight excluding hydrogens is 313 g/mol. The van der Waals surface area contributed by atoms with Crippen molar-refractivity contribution in [2.45, 2.75) is 12.9 Å². The Bertz CT molecular complexity index is 606. The van der Waals surface area contributed by atoms with E-state index in [4.69, 9.17) is 0 Å². The molecule has 0 N–H and O–H groups in total. The van der Waals surface area contributed by atoms with Gasteiger partial charge in [-0.2, -0.15) is 0 Å². The van der Waals surface area contributed by atoms with Gasteiger partial charge in [0.2, 0.25) is 11.8 Å². The van der Waals surface area contributed by atoms with E-state index in [0.717, 1.165) is 5.56 Å². The highest BCUT2D eigenvalue weighted by Gasteiger charge is 2.50. The monoisotopic (exact) mass is 328 g/mol. The Hall–Kier alpha value is -2.09. The molecule has 2 heterocycles. The Balaban J connectivity index is 1.61. The van der Waals surface area contributed by atoms with Gasteiger partial charge in [-0.1, -0.05) is 12.1 Å². The molecule has 3 rings (SSSR count). The molecule has 124 valence electrons. The molecule has 23 heavy (non-hydrogen) atoms. The topological polar surface area (TPSA) is 49.9 Å². The lowest BCUT2D eigenvalue weighted by molar-refractivity contribution is -0.274. The maximum Gasteiger partial charge on any atom is 0.573 e. The third kappa shape index (κ3) is 3.17. The minimum Gasteiger partial charge on any atom is -0.406 e. The Morgan fingerprint density at radius 2 is 1.61 bits per heavy atom. The van der Waals surface area contributed by atoms with Crippen LogP contribution in [-0.2, 0) is 16.1 Å². The molecular formula is C15H15F3N2O3. The number of alkyl halides is 3. The van der Waals surface area contributed by atoms with E-state index < -0.39 is 6.36 Å². The molecule has 2 saturated heterocycles. The number of likely N-dealkylation sites (tertiary alicyclic amines) is 2. The first-order valence-electron chi connectivity index (χ1n) is 7.13. The second-order valence-electron chi connectivity index (χ2n) is 5.83. The third-order valence-corrected chi connectivity index (χ3v) is 4.25. The fraction of sp³-hybridized carbons (Fsp3) is 0.467. The Morgan fingerprint density at radius 3 is 2.09 bits per heavy atom.